The van der Waals surface area contributed by atoms with E-state index in [9.17, 15) is 9.90 Å². The third-order valence-corrected chi connectivity index (χ3v) is 5.93. The highest BCUT2D eigenvalue weighted by Gasteiger charge is 2.16. The molecule has 3 N–H and O–H groups in total. The van der Waals surface area contributed by atoms with Gasteiger partial charge in [0.2, 0.25) is 5.89 Å². The Labute approximate surface area is 204 Å². The summed E-state index contributed by atoms with van der Waals surface area (Å²) in [5.74, 6) is 0.0242. The Morgan fingerprint density at radius 2 is 1.68 bits per heavy atom. The maximum Gasteiger partial charge on any atom is 0.257 e. The number of nitrogens with one attached hydrogen (secondary N) is 2. The van der Waals surface area contributed by atoms with Crippen LogP contribution in [0, 0.1) is 13.8 Å². The van der Waals surface area contributed by atoms with Crippen molar-refractivity contribution in [3.8, 4) is 17.2 Å². The van der Waals surface area contributed by atoms with E-state index in [2.05, 4.69) is 36.4 Å². The molecule has 0 unspecified atom stereocenters. The van der Waals surface area contributed by atoms with E-state index in [1.165, 1.54) is 6.07 Å². The first-order valence-corrected chi connectivity index (χ1v) is 11.4. The summed E-state index contributed by atoms with van der Waals surface area (Å²) in [5.41, 5.74) is 6.25. The molecule has 4 aromatic rings. The number of nitrogens with zero attached hydrogens (tertiary/aromatic N) is 1. The number of carbonyl (C=O) groups excluding carboxylic acids is 1. The zero-order chi connectivity index (χ0) is 24.6. The van der Waals surface area contributed by atoms with Crippen LogP contribution in [0.1, 0.15) is 47.8 Å². The van der Waals surface area contributed by atoms with Crippen LogP contribution in [0.5, 0.6) is 5.75 Å². The van der Waals surface area contributed by atoms with Crippen molar-refractivity contribution in [3.63, 3.8) is 0 Å². The highest BCUT2D eigenvalue weighted by atomic mass is 32.1. The molecular formula is C27H27N3O3S. The number of aromatic nitrogens is 1. The number of carbonyl (C=O) groups is 1. The van der Waals surface area contributed by atoms with Crippen LogP contribution in [0.4, 0.5) is 5.69 Å². The molecule has 1 heterocycles. The van der Waals surface area contributed by atoms with Crippen LogP contribution < -0.4 is 10.6 Å². The van der Waals surface area contributed by atoms with Gasteiger partial charge in [0.25, 0.3) is 5.91 Å². The number of aromatic hydroxyl groups is 1. The molecule has 0 saturated heterocycles. The average Bonchev–Trinajstić information content (AvgIpc) is 3.17. The number of hydrogen-bond acceptors (Lipinski definition) is 5. The highest BCUT2D eigenvalue weighted by Crippen LogP contribution is 2.34. The fraction of sp³-hybridized carbons (Fsp3) is 0.222. The number of phenolic OH excluding ortho intramolecular Hbond substituents is 1. The summed E-state index contributed by atoms with van der Waals surface area (Å²) < 4.78 is 5.89. The van der Waals surface area contributed by atoms with E-state index in [0.717, 1.165) is 22.2 Å². The smallest absolute Gasteiger partial charge is 0.257 e. The summed E-state index contributed by atoms with van der Waals surface area (Å²) >= 11 is 5.33. The van der Waals surface area contributed by atoms with Gasteiger partial charge in [-0.25, -0.2) is 4.98 Å². The minimum Gasteiger partial charge on any atom is -0.507 e. The van der Waals surface area contributed by atoms with Gasteiger partial charge in [0.1, 0.15) is 11.3 Å². The molecule has 0 saturated carbocycles. The number of fused-ring (bicyclic) bond motifs is 1. The third kappa shape index (κ3) is 4.94. The molecule has 4 rings (SSSR count). The van der Waals surface area contributed by atoms with Crippen LogP contribution in [0.3, 0.4) is 0 Å². The Morgan fingerprint density at radius 1 is 1.00 bits per heavy atom. The Hall–Kier alpha value is -3.71. The van der Waals surface area contributed by atoms with Crippen molar-refractivity contribution in [3.05, 3.63) is 76.9 Å². The summed E-state index contributed by atoms with van der Waals surface area (Å²) in [6, 6.07) is 16.2. The lowest BCUT2D eigenvalue weighted by Gasteiger charge is -2.19. The predicted molar refractivity (Wildman–Crippen MR) is 139 cm³/mol. The number of oxazole rings is 1. The normalized spacial score (nSPS) is 11.4. The van der Waals surface area contributed by atoms with Crippen LogP contribution in [0.25, 0.3) is 22.6 Å². The lowest BCUT2D eigenvalue weighted by atomic mass is 9.87. The van der Waals surface area contributed by atoms with Gasteiger partial charge in [-0.05, 0) is 90.6 Å². The topological polar surface area (TPSA) is 87.4 Å². The summed E-state index contributed by atoms with van der Waals surface area (Å²) in [4.78, 5) is 17.1. The van der Waals surface area contributed by atoms with Crippen molar-refractivity contribution >= 4 is 40.0 Å². The number of hydrogen-bond donors (Lipinski definition) is 3. The quantitative estimate of drug-likeness (QED) is 0.241. The minimum absolute atomic E-state index is 0.00873. The van der Waals surface area contributed by atoms with Gasteiger partial charge in [-0.15, -0.1) is 0 Å². The number of aryl methyl sites for hydroxylation is 2. The number of phenols is 1. The predicted octanol–water partition coefficient (Wildman–Crippen LogP) is 6.24. The van der Waals surface area contributed by atoms with E-state index in [1.54, 1.807) is 24.3 Å². The van der Waals surface area contributed by atoms with E-state index in [-0.39, 0.29) is 22.2 Å². The second-order valence-electron chi connectivity index (χ2n) is 9.39. The monoisotopic (exact) mass is 473 g/mol. The molecule has 0 aliphatic heterocycles. The van der Waals surface area contributed by atoms with E-state index in [0.29, 0.717) is 28.3 Å². The summed E-state index contributed by atoms with van der Waals surface area (Å²) in [5, 5.41) is 16.2. The van der Waals surface area contributed by atoms with Crippen molar-refractivity contribution in [1.82, 2.24) is 10.3 Å². The first kappa shape index (κ1) is 23.4. The molecule has 1 amide bonds. The largest absolute Gasteiger partial charge is 0.507 e. The standard InChI is InChI=1S/C27H27N3O3S/c1-15-12-21-23(13-16(15)2)33-25(29-21)20-14-19(10-11-22(20)31)28-26(34)30-24(32)17-6-8-18(9-7-17)27(3,4)5/h6-14,31H,1-5H3,(H2,28,30,32,34). The van der Waals surface area contributed by atoms with Crippen LogP contribution >= 0.6 is 12.2 Å². The second kappa shape index (κ2) is 8.91. The fourth-order valence-electron chi connectivity index (χ4n) is 3.54. The molecule has 6 nitrogen and oxygen atoms in total. The first-order valence-electron chi connectivity index (χ1n) is 11.0. The van der Waals surface area contributed by atoms with E-state index < -0.39 is 0 Å². The van der Waals surface area contributed by atoms with Gasteiger partial charge >= 0.3 is 0 Å². The Bertz CT molecular complexity index is 1360. The molecule has 174 valence electrons. The van der Waals surface area contributed by atoms with Crippen LogP contribution in [-0.4, -0.2) is 21.1 Å². The number of benzene rings is 3. The van der Waals surface area contributed by atoms with Gasteiger partial charge < -0.3 is 14.8 Å². The first-order chi connectivity index (χ1) is 16.0. The molecule has 3 aromatic carbocycles. The summed E-state index contributed by atoms with van der Waals surface area (Å²) in [6.07, 6.45) is 0. The van der Waals surface area contributed by atoms with Crippen LogP contribution in [0.15, 0.2) is 59.0 Å². The summed E-state index contributed by atoms with van der Waals surface area (Å²) in [7, 11) is 0. The SMILES string of the molecule is Cc1cc2nc(-c3cc(NC(=S)NC(=O)c4ccc(C(C)(C)C)cc4)ccc3O)oc2cc1C. The third-order valence-electron chi connectivity index (χ3n) is 5.73. The number of anilines is 1. The van der Waals surface area contributed by atoms with Crippen LogP contribution in [0.2, 0.25) is 0 Å². The van der Waals surface area contributed by atoms with Gasteiger partial charge in [-0.2, -0.15) is 0 Å². The Balaban J connectivity index is 1.50. The number of amides is 1. The number of thiocarbonyl (C=S) groups is 1. The Morgan fingerprint density at radius 3 is 2.35 bits per heavy atom. The number of rotatable bonds is 3. The lowest BCUT2D eigenvalue weighted by Crippen LogP contribution is -2.34. The van der Waals surface area contributed by atoms with Crippen molar-refractivity contribution in [2.75, 3.05) is 5.32 Å². The lowest BCUT2D eigenvalue weighted by molar-refractivity contribution is 0.0977. The summed E-state index contributed by atoms with van der Waals surface area (Å²) in [6.45, 7) is 10.4. The molecule has 0 spiro atoms. The maximum atomic E-state index is 12.6. The molecule has 34 heavy (non-hydrogen) atoms. The minimum atomic E-state index is -0.304. The zero-order valence-corrected chi connectivity index (χ0v) is 20.6. The van der Waals surface area contributed by atoms with E-state index >= 15 is 0 Å². The average molecular weight is 474 g/mol. The molecule has 7 heteroatoms. The van der Waals surface area contributed by atoms with Crippen molar-refractivity contribution in [2.24, 2.45) is 0 Å². The molecular weight excluding hydrogens is 446 g/mol. The van der Waals surface area contributed by atoms with Crippen molar-refractivity contribution in [1.29, 1.82) is 0 Å². The van der Waals surface area contributed by atoms with Gasteiger partial charge in [-0.1, -0.05) is 32.9 Å². The molecule has 1 aromatic heterocycles. The maximum absolute atomic E-state index is 12.6. The van der Waals surface area contributed by atoms with Gasteiger partial charge in [-0.3, -0.25) is 10.1 Å². The van der Waals surface area contributed by atoms with Gasteiger partial charge in [0.15, 0.2) is 10.7 Å². The van der Waals surface area contributed by atoms with Crippen molar-refractivity contribution < 1.29 is 14.3 Å². The zero-order valence-electron chi connectivity index (χ0n) is 19.8. The van der Waals surface area contributed by atoms with Crippen molar-refractivity contribution in [2.45, 2.75) is 40.0 Å². The molecule has 0 radical (unpaired) electrons. The molecule has 0 bridgehead atoms. The Kier molecular flexibility index (Phi) is 6.15. The van der Waals surface area contributed by atoms with Gasteiger partial charge in [0.05, 0.1) is 5.56 Å². The van der Waals surface area contributed by atoms with Gasteiger partial charge in [0, 0.05) is 11.3 Å². The van der Waals surface area contributed by atoms with Crippen LogP contribution in [-0.2, 0) is 5.41 Å². The molecule has 0 fully saturated rings. The van der Waals surface area contributed by atoms with E-state index in [1.807, 2.05) is 38.1 Å². The molecule has 0 aliphatic carbocycles. The molecule has 0 atom stereocenters. The van der Waals surface area contributed by atoms with E-state index in [4.69, 9.17) is 16.6 Å². The highest BCUT2D eigenvalue weighted by molar-refractivity contribution is 7.80. The fourth-order valence-corrected chi connectivity index (χ4v) is 3.75. The second-order valence-corrected chi connectivity index (χ2v) is 9.80. The molecule has 0 aliphatic rings.